The van der Waals surface area contributed by atoms with Crippen LogP contribution in [-0.4, -0.2) is 48.4 Å². The van der Waals surface area contributed by atoms with E-state index < -0.39 is 0 Å². The Hall–Kier alpha value is -2.67. The first kappa shape index (κ1) is 17.7. The molecule has 8 heteroatoms. The topological polar surface area (TPSA) is 68.8 Å². The van der Waals surface area contributed by atoms with Crippen molar-refractivity contribution >= 4 is 17.5 Å². The SMILES string of the molecule is Cc1nn(C)c(C(=O)N2CCc3nc(Cc4ccccc4)nn3CC2)c1Cl. The van der Waals surface area contributed by atoms with Gasteiger partial charge in [0.2, 0.25) is 0 Å². The summed E-state index contributed by atoms with van der Waals surface area (Å²) in [6.45, 7) is 3.58. The second-order valence-electron chi connectivity index (χ2n) is 6.74. The van der Waals surface area contributed by atoms with Gasteiger partial charge in [-0.25, -0.2) is 9.67 Å². The number of carbonyl (C=O) groups is 1. The Morgan fingerprint density at radius 3 is 2.63 bits per heavy atom. The number of aromatic nitrogens is 5. The molecule has 3 aromatic rings. The number of nitrogens with zero attached hydrogens (tertiary/aromatic N) is 6. The smallest absolute Gasteiger partial charge is 0.273 e. The lowest BCUT2D eigenvalue weighted by atomic mass is 10.1. The third-order valence-corrected chi connectivity index (χ3v) is 5.28. The Balaban J connectivity index is 1.48. The molecule has 1 aliphatic heterocycles. The molecule has 0 saturated heterocycles. The lowest BCUT2D eigenvalue weighted by Crippen LogP contribution is -2.35. The van der Waals surface area contributed by atoms with Crippen molar-refractivity contribution < 1.29 is 4.79 Å². The van der Waals surface area contributed by atoms with E-state index in [4.69, 9.17) is 11.6 Å². The summed E-state index contributed by atoms with van der Waals surface area (Å²) in [5, 5.41) is 9.30. The summed E-state index contributed by atoms with van der Waals surface area (Å²) in [5.41, 5.74) is 2.29. The minimum atomic E-state index is -0.0987. The Morgan fingerprint density at radius 1 is 1.15 bits per heavy atom. The fourth-order valence-electron chi connectivity index (χ4n) is 3.42. The molecule has 0 bridgehead atoms. The zero-order chi connectivity index (χ0) is 19.0. The number of aryl methyl sites for hydroxylation is 2. The van der Waals surface area contributed by atoms with Gasteiger partial charge in [-0.15, -0.1) is 0 Å². The normalized spacial score (nSPS) is 14.1. The van der Waals surface area contributed by atoms with Gasteiger partial charge in [0.25, 0.3) is 5.91 Å². The number of amides is 1. The monoisotopic (exact) mass is 384 g/mol. The van der Waals surface area contributed by atoms with E-state index in [1.54, 1.807) is 23.6 Å². The number of carbonyl (C=O) groups excluding carboxylic acids is 1. The van der Waals surface area contributed by atoms with Crippen LogP contribution in [0.2, 0.25) is 5.02 Å². The van der Waals surface area contributed by atoms with E-state index in [-0.39, 0.29) is 5.91 Å². The van der Waals surface area contributed by atoms with Crippen LogP contribution < -0.4 is 0 Å². The predicted molar refractivity (Wildman–Crippen MR) is 102 cm³/mol. The largest absolute Gasteiger partial charge is 0.335 e. The van der Waals surface area contributed by atoms with Gasteiger partial charge in [0, 0.05) is 33.0 Å². The van der Waals surface area contributed by atoms with E-state index in [2.05, 4.69) is 27.3 Å². The van der Waals surface area contributed by atoms with Crippen LogP contribution >= 0.6 is 11.6 Å². The van der Waals surface area contributed by atoms with Crippen molar-refractivity contribution in [3.8, 4) is 0 Å². The van der Waals surface area contributed by atoms with Gasteiger partial charge in [-0.2, -0.15) is 10.2 Å². The van der Waals surface area contributed by atoms with Gasteiger partial charge in [-0.05, 0) is 12.5 Å². The number of hydrogen-bond acceptors (Lipinski definition) is 4. The first-order chi connectivity index (χ1) is 13.0. The average Bonchev–Trinajstić information content (AvgIpc) is 3.07. The first-order valence-electron chi connectivity index (χ1n) is 8.98. The molecule has 0 fully saturated rings. The second kappa shape index (κ2) is 7.15. The highest BCUT2D eigenvalue weighted by atomic mass is 35.5. The zero-order valence-electron chi connectivity index (χ0n) is 15.4. The summed E-state index contributed by atoms with van der Waals surface area (Å²) in [4.78, 5) is 19.4. The molecule has 1 amide bonds. The van der Waals surface area contributed by atoms with Gasteiger partial charge in [-0.3, -0.25) is 9.48 Å². The van der Waals surface area contributed by atoms with Crippen molar-refractivity contribution in [2.45, 2.75) is 26.3 Å². The summed E-state index contributed by atoms with van der Waals surface area (Å²) in [6, 6.07) is 10.2. The molecule has 0 N–H and O–H groups in total. The van der Waals surface area contributed by atoms with Crippen molar-refractivity contribution in [1.82, 2.24) is 29.4 Å². The molecule has 0 aliphatic carbocycles. The Kier molecular flexibility index (Phi) is 4.70. The molecule has 27 heavy (non-hydrogen) atoms. The molecule has 0 saturated carbocycles. The van der Waals surface area contributed by atoms with Crippen LogP contribution in [0.5, 0.6) is 0 Å². The Morgan fingerprint density at radius 2 is 1.93 bits per heavy atom. The van der Waals surface area contributed by atoms with Crippen molar-refractivity contribution in [3.63, 3.8) is 0 Å². The maximum atomic E-state index is 12.9. The number of benzene rings is 1. The van der Waals surface area contributed by atoms with Crippen LogP contribution in [-0.2, 0) is 26.4 Å². The molecular formula is C19H21ClN6O. The number of fused-ring (bicyclic) bond motifs is 1. The lowest BCUT2D eigenvalue weighted by Gasteiger charge is -2.20. The van der Waals surface area contributed by atoms with Gasteiger partial charge in [-0.1, -0.05) is 41.9 Å². The third-order valence-electron chi connectivity index (χ3n) is 4.82. The zero-order valence-corrected chi connectivity index (χ0v) is 16.1. The van der Waals surface area contributed by atoms with E-state index in [0.717, 1.165) is 11.6 Å². The minimum Gasteiger partial charge on any atom is -0.335 e. The van der Waals surface area contributed by atoms with E-state index in [9.17, 15) is 4.79 Å². The van der Waals surface area contributed by atoms with Gasteiger partial charge in [0.1, 0.15) is 11.5 Å². The second-order valence-corrected chi connectivity index (χ2v) is 7.12. The minimum absolute atomic E-state index is 0.0987. The van der Waals surface area contributed by atoms with Crippen LogP contribution in [0.3, 0.4) is 0 Å². The fraction of sp³-hybridized carbons (Fsp3) is 0.368. The first-order valence-corrected chi connectivity index (χ1v) is 9.35. The highest BCUT2D eigenvalue weighted by molar-refractivity contribution is 6.34. The molecule has 1 aliphatic rings. The van der Waals surface area contributed by atoms with Crippen LogP contribution in [0, 0.1) is 6.92 Å². The van der Waals surface area contributed by atoms with Crippen molar-refractivity contribution in [1.29, 1.82) is 0 Å². The molecular weight excluding hydrogens is 364 g/mol. The van der Waals surface area contributed by atoms with Crippen LogP contribution in [0.25, 0.3) is 0 Å². The maximum absolute atomic E-state index is 12.9. The average molecular weight is 385 g/mol. The maximum Gasteiger partial charge on any atom is 0.273 e. The molecule has 2 aromatic heterocycles. The summed E-state index contributed by atoms with van der Waals surface area (Å²) in [5.74, 6) is 1.64. The van der Waals surface area contributed by atoms with Crippen LogP contribution in [0.1, 0.15) is 33.4 Å². The van der Waals surface area contributed by atoms with E-state index in [0.29, 0.717) is 48.9 Å². The Labute approximate surface area is 162 Å². The van der Waals surface area contributed by atoms with E-state index in [1.807, 2.05) is 22.9 Å². The summed E-state index contributed by atoms with van der Waals surface area (Å²) in [6.07, 6.45) is 1.38. The molecule has 0 unspecified atom stereocenters. The fourth-order valence-corrected chi connectivity index (χ4v) is 3.66. The van der Waals surface area contributed by atoms with Crippen molar-refractivity contribution in [3.05, 3.63) is 64.0 Å². The predicted octanol–water partition coefficient (Wildman–Crippen LogP) is 2.26. The molecule has 0 radical (unpaired) electrons. The molecule has 4 rings (SSSR count). The van der Waals surface area contributed by atoms with Gasteiger partial charge in [0.15, 0.2) is 5.82 Å². The Bertz CT molecular complexity index is 952. The highest BCUT2D eigenvalue weighted by Gasteiger charge is 2.26. The lowest BCUT2D eigenvalue weighted by molar-refractivity contribution is 0.0747. The molecule has 7 nitrogen and oxygen atoms in total. The van der Waals surface area contributed by atoms with E-state index >= 15 is 0 Å². The molecule has 0 spiro atoms. The van der Waals surface area contributed by atoms with Gasteiger partial charge in [0.05, 0.1) is 17.3 Å². The molecule has 140 valence electrons. The quantitative estimate of drug-likeness (QED) is 0.694. The summed E-state index contributed by atoms with van der Waals surface area (Å²) < 4.78 is 3.47. The standard InChI is InChI=1S/C19H21ClN6O/c1-13-17(20)18(24(2)22-13)19(27)25-9-8-16-21-15(23-26(16)11-10-25)12-14-6-4-3-5-7-14/h3-7H,8-12H2,1-2H3. The third kappa shape index (κ3) is 3.47. The van der Waals surface area contributed by atoms with Crippen molar-refractivity contribution in [2.24, 2.45) is 7.05 Å². The number of rotatable bonds is 3. The number of hydrogen-bond donors (Lipinski definition) is 0. The van der Waals surface area contributed by atoms with Crippen LogP contribution in [0.4, 0.5) is 0 Å². The van der Waals surface area contributed by atoms with Gasteiger partial charge >= 0.3 is 0 Å². The van der Waals surface area contributed by atoms with Crippen LogP contribution in [0.15, 0.2) is 30.3 Å². The molecule has 1 aromatic carbocycles. The molecule has 3 heterocycles. The summed E-state index contributed by atoms with van der Waals surface area (Å²) >= 11 is 6.27. The van der Waals surface area contributed by atoms with E-state index in [1.165, 1.54) is 5.56 Å². The number of halogens is 1. The highest BCUT2D eigenvalue weighted by Crippen LogP contribution is 2.22. The van der Waals surface area contributed by atoms with Crippen molar-refractivity contribution in [2.75, 3.05) is 13.1 Å². The van der Waals surface area contributed by atoms with Gasteiger partial charge < -0.3 is 4.90 Å². The summed E-state index contributed by atoms with van der Waals surface area (Å²) in [7, 11) is 1.74. The molecule has 0 atom stereocenters.